The van der Waals surface area contributed by atoms with Crippen molar-refractivity contribution in [3.05, 3.63) is 53.6 Å². The molecular formula is C17H16N2O3S. The van der Waals surface area contributed by atoms with Crippen molar-refractivity contribution in [2.75, 3.05) is 19.5 Å². The van der Waals surface area contributed by atoms with E-state index in [9.17, 15) is 4.79 Å². The van der Waals surface area contributed by atoms with Crippen molar-refractivity contribution in [3.8, 4) is 5.75 Å². The minimum atomic E-state index is -0.186. The molecule has 0 aliphatic rings. The first-order valence-corrected chi connectivity index (χ1v) is 7.85. The van der Waals surface area contributed by atoms with Crippen LogP contribution in [0.5, 0.6) is 5.75 Å². The molecule has 6 heteroatoms. The van der Waals surface area contributed by atoms with Gasteiger partial charge < -0.3 is 9.47 Å². The van der Waals surface area contributed by atoms with E-state index in [1.54, 1.807) is 20.3 Å². The molecule has 0 spiro atoms. The quantitative estimate of drug-likeness (QED) is 0.776. The monoisotopic (exact) mass is 328 g/mol. The maximum atomic E-state index is 12.4. The van der Waals surface area contributed by atoms with Crippen LogP contribution in [0.15, 0.2) is 42.5 Å². The van der Waals surface area contributed by atoms with Crippen molar-refractivity contribution >= 4 is 32.6 Å². The molecule has 2 aromatic carbocycles. The molecule has 0 aliphatic carbocycles. The molecule has 0 atom stereocenters. The molecule has 1 N–H and O–H groups in total. The van der Waals surface area contributed by atoms with Gasteiger partial charge in [-0.3, -0.25) is 10.1 Å². The number of anilines is 1. The summed E-state index contributed by atoms with van der Waals surface area (Å²) in [4.78, 5) is 16.8. The zero-order valence-corrected chi connectivity index (χ0v) is 13.6. The lowest BCUT2D eigenvalue weighted by atomic mass is 10.1. The van der Waals surface area contributed by atoms with E-state index in [-0.39, 0.29) is 5.91 Å². The predicted molar refractivity (Wildman–Crippen MR) is 91.3 cm³/mol. The number of benzene rings is 2. The Hall–Kier alpha value is -2.44. The molecule has 118 valence electrons. The molecule has 0 bridgehead atoms. The number of hydrogen-bond acceptors (Lipinski definition) is 5. The van der Waals surface area contributed by atoms with Crippen LogP contribution in [-0.2, 0) is 11.3 Å². The van der Waals surface area contributed by atoms with Gasteiger partial charge in [-0.05, 0) is 35.9 Å². The second-order valence-electron chi connectivity index (χ2n) is 4.94. The van der Waals surface area contributed by atoms with Crippen LogP contribution in [0.3, 0.4) is 0 Å². The highest BCUT2D eigenvalue weighted by Crippen LogP contribution is 2.29. The highest BCUT2D eigenvalue weighted by molar-refractivity contribution is 7.22. The first-order valence-electron chi connectivity index (χ1n) is 7.03. The first-order chi connectivity index (χ1) is 11.2. The average molecular weight is 328 g/mol. The summed E-state index contributed by atoms with van der Waals surface area (Å²) in [6, 6.07) is 13.0. The van der Waals surface area contributed by atoms with Gasteiger partial charge in [0.25, 0.3) is 5.91 Å². The third-order valence-corrected chi connectivity index (χ3v) is 4.25. The van der Waals surface area contributed by atoms with E-state index >= 15 is 0 Å². The SMILES string of the molecule is COCc1cccc(C(=O)Nc2nc3ccc(OC)cc3s2)c1. The third kappa shape index (κ3) is 3.49. The van der Waals surface area contributed by atoms with Crippen molar-refractivity contribution < 1.29 is 14.3 Å². The van der Waals surface area contributed by atoms with E-state index in [0.717, 1.165) is 21.5 Å². The highest BCUT2D eigenvalue weighted by Gasteiger charge is 2.11. The molecule has 0 saturated carbocycles. The standard InChI is InChI=1S/C17H16N2O3S/c1-21-10-11-4-3-5-12(8-11)16(20)19-17-18-14-7-6-13(22-2)9-15(14)23-17/h3-9H,10H2,1-2H3,(H,18,19,20). The summed E-state index contributed by atoms with van der Waals surface area (Å²) in [5.74, 6) is 0.584. The molecule has 23 heavy (non-hydrogen) atoms. The number of carbonyl (C=O) groups is 1. The Morgan fingerprint density at radius 1 is 1.22 bits per heavy atom. The normalized spacial score (nSPS) is 10.7. The number of hydrogen-bond donors (Lipinski definition) is 1. The maximum Gasteiger partial charge on any atom is 0.257 e. The molecule has 0 fully saturated rings. The topological polar surface area (TPSA) is 60.5 Å². The van der Waals surface area contributed by atoms with Gasteiger partial charge in [0.1, 0.15) is 5.75 Å². The van der Waals surface area contributed by atoms with Gasteiger partial charge in [0, 0.05) is 12.7 Å². The fraction of sp³-hybridized carbons (Fsp3) is 0.176. The summed E-state index contributed by atoms with van der Waals surface area (Å²) in [6.45, 7) is 0.474. The Morgan fingerprint density at radius 2 is 2.09 bits per heavy atom. The van der Waals surface area contributed by atoms with Crippen molar-refractivity contribution in [1.82, 2.24) is 4.98 Å². The molecule has 0 unspecified atom stereocenters. The van der Waals surface area contributed by atoms with Crippen molar-refractivity contribution in [3.63, 3.8) is 0 Å². The molecule has 5 nitrogen and oxygen atoms in total. The Balaban J connectivity index is 1.80. The Labute approximate surface area is 137 Å². The van der Waals surface area contributed by atoms with Crippen LogP contribution in [0, 0.1) is 0 Å². The molecule has 0 radical (unpaired) electrons. The molecular weight excluding hydrogens is 312 g/mol. The Morgan fingerprint density at radius 3 is 2.87 bits per heavy atom. The summed E-state index contributed by atoms with van der Waals surface area (Å²) in [6.07, 6.45) is 0. The minimum absolute atomic E-state index is 0.186. The second-order valence-corrected chi connectivity index (χ2v) is 5.97. The van der Waals surface area contributed by atoms with E-state index in [0.29, 0.717) is 17.3 Å². The number of amides is 1. The van der Waals surface area contributed by atoms with Crippen LogP contribution in [0.2, 0.25) is 0 Å². The molecule has 1 aromatic heterocycles. The molecule has 0 saturated heterocycles. The van der Waals surface area contributed by atoms with Crippen LogP contribution in [-0.4, -0.2) is 25.1 Å². The van der Waals surface area contributed by atoms with Crippen molar-refractivity contribution in [2.24, 2.45) is 0 Å². The fourth-order valence-electron chi connectivity index (χ4n) is 2.22. The maximum absolute atomic E-state index is 12.4. The summed E-state index contributed by atoms with van der Waals surface area (Å²) in [5.41, 5.74) is 2.37. The molecule has 3 rings (SSSR count). The first kappa shape index (κ1) is 15.5. The third-order valence-electron chi connectivity index (χ3n) is 3.32. The van der Waals surface area contributed by atoms with Crippen LogP contribution in [0.1, 0.15) is 15.9 Å². The number of nitrogens with one attached hydrogen (secondary N) is 1. The van der Waals surface area contributed by atoms with Gasteiger partial charge in [0.2, 0.25) is 0 Å². The number of nitrogens with zero attached hydrogens (tertiary/aromatic N) is 1. The van der Waals surface area contributed by atoms with E-state index in [2.05, 4.69) is 10.3 Å². The fourth-order valence-corrected chi connectivity index (χ4v) is 3.11. The Kier molecular flexibility index (Phi) is 4.55. The van der Waals surface area contributed by atoms with Crippen molar-refractivity contribution in [2.45, 2.75) is 6.61 Å². The molecule has 1 amide bonds. The van der Waals surface area contributed by atoms with Gasteiger partial charge in [-0.15, -0.1) is 0 Å². The van der Waals surface area contributed by atoms with E-state index in [1.165, 1.54) is 11.3 Å². The van der Waals surface area contributed by atoms with Gasteiger partial charge in [-0.25, -0.2) is 4.98 Å². The second kappa shape index (κ2) is 6.76. The predicted octanol–water partition coefficient (Wildman–Crippen LogP) is 3.70. The zero-order chi connectivity index (χ0) is 16.2. The van der Waals surface area contributed by atoms with Crippen LogP contribution >= 0.6 is 11.3 Å². The van der Waals surface area contributed by atoms with Crippen LogP contribution < -0.4 is 10.1 Å². The van der Waals surface area contributed by atoms with Crippen molar-refractivity contribution in [1.29, 1.82) is 0 Å². The average Bonchev–Trinajstić information content (AvgIpc) is 2.96. The summed E-state index contributed by atoms with van der Waals surface area (Å²) >= 11 is 1.42. The summed E-state index contributed by atoms with van der Waals surface area (Å²) in [7, 11) is 3.25. The number of fused-ring (bicyclic) bond motifs is 1. The lowest BCUT2D eigenvalue weighted by Crippen LogP contribution is -2.11. The number of rotatable bonds is 5. The number of ether oxygens (including phenoxy) is 2. The van der Waals surface area contributed by atoms with E-state index < -0.39 is 0 Å². The van der Waals surface area contributed by atoms with Gasteiger partial charge >= 0.3 is 0 Å². The van der Waals surface area contributed by atoms with Gasteiger partial charge in [0.05, 0.1) is 23.9 Å². The van der Waals surface area contributed by atoms with Gasteiger partial charge in [-0.1, -0.05) is 23.5 Å². The summed E-state index contributed by atoms with van der Waals surface area (Å²) < 4.78 is 11.3. The van der Waals surface area contributed by atoms with Gasteiger partial charge in [0.15, 0.2) is 5.13 Å². The number of methoxy groups -OCH3 is 2. The minimum Gasteiger partial charge on any atom is -0.497 e. The lowest BCUT2D eigenvalue weighted by Gasteiger charge is -2.04. The molecule has 3 aromatic rings. The highest BCUT2D eigenvalue weighted by atomic mass is 32.1. The largest absolute Gasteiger partial charge is 0.497 e. The molecule has 0 aliphatic heterocycles. The number of carbonyl (C=O) groups excluding carboxylic acids is 1. The zero-order valence-electron chi connectivity index (χ0n) is 12.8. The number of aromatic nitrogens is 1. The lowest BCUT2D eigenvalue weighted by molar-refractivity contribution is 0.102. The van der Waals surface area contributed by atoms with E-state index in [4.69, 9.17) is 9.47 Å². The smallest absolute Gasteiger partial charge is 0.257 e. The van der Waals surface area contributed by atoms with Crippen LogP contribution in [0.25, 0.3) is 10.2 Å². The van der Waals surface area contributed by atoms with Gasteiger partial charge in [-0.2, -0.15) is 0 Å². The Bertz CT molecular complexity index is 845. The number of thiazole rings is 1. The van der Waals surface area contributed by atoms with E-state index in [1.807, 2.05) is 36.4 Å². The van der Waals surface area contributed by atoms with Crippen LogP contribution in [0.4, 0.5) is 5.13 Å². The summed E-state index contributed by atoms with van der Waals surface area (Å²) in [5, 5.41) is 3.41. The molecule has 1 heterocycles.